The van der Waals surface area contributed by atoms with Gasteiger partial charge >= 0.3 is 0 Å². The zero-order chi connectivity index (χ0) is 21.1. The number of rotatable bonds is 6. The Balaban J connectivity index is 1.65. The molecule has 2 aliphatic heterocycles. The maximum Gasteiger partial charge on any atom is 0.278 e. The fourth-order valence-corrected chi connectivity index (χ4v) is 4.07. The lowest BCUT2D eigenvalue weighted by molar-refractivity contribution is -0.138. The fourth-order valence-electron chi connectivity index (χ4n) is 4.07. The number of methoxy groups -OCH3 is 1. The van der Waals surface area contributed by atoms with E-state index in [-0.39, 0.29) is 18.4 Å². The van der Waals surface area contributed by atoms with Gasteiger partial charge in [-0.2, -0.15) is 0 Å². The summed E-state index contributed by atoms with van der Waals surface area (Å²) in [6, 6.07) is 17.0. The Morgan fingerprint density at radius 1 is 0.867 bits per heavy atom. The van der Waals surface area contributed by atoms with Crippen molar-refractivity contribution in [1.82, 2.24) is 14.7 Å². The molecule has 0 unspecified atom stereocenters. The number of benzene rings is 2. The zero-order valence-electron chi connectivity index (χ0n) is 17.5. The van der Waals surface area contributed by atoms with E-state index in [0.717, 1.165) is 49.6 Å². The number of carbonyl (C=O) groups excluding carboxylic acids is 2. The molecule has 30 heavy (non-hydrogen) atoms. The first-order chi connectivity index (χ1) is 14.6. The van der Waals surface area contributed by atoms with Crippen LogP contribution in [0.3, 0.4) is 0 Å². The molecule has 0 N–H and O–H groups in total. The van der Waals surface area contributed by atoms with Gasteiger partial charge in [0.15, 0.2) is 0 Å². The van der Waals surface area contributed by atoms with Gasteiger partial charge in [0.05, 0.1) is 19.2 Å². The van der Waals surface area contributed by atoms with Gasteiger partial charge in [-0.25, -0.2) is 0 Å². The van der Waals surface area contributed by atoms with Crippen LogP contribution in [-0.2, 0) is 16.1 Å². The molecule has 2 amide bonds. The summed E-state index contributed by atoms with van der Waals surface area (Å²) in [7, 11) is 1.61. The van der Waals surface area contributed by atoms with Gasteiger partial charge in [0.1, 0.15) is 11.4 Å². The molecule has 2 aromatic rings. The van der Waals surface area contributed by atoms with Crippen LogP contribution in [0.25, 0.3) is 5.57 Å². The molecule has 0 aromatic heterocycles. The van der Waals surface area contributed by atoms with Crippen molar-refractivity contribution >= 4 is 17.4 Å². The van der Waals surface area contributed by atoms with Gasteiger partial charge in [0.25, 0.3) is 11.8 Å². The minimum Gasteiger partial charge on any atom is -0.497 e. The van der Waals surface area contributed by atoms with Gasteiger partial charge in [0, 0.05) is 26.2 Å². The highest BCUT2D eigenvalue weighted by Crippen LogP contribution is 2.33. The average Bonchev–Trinajstić information content (AvgIpc) is 3.05. The summed E-state index contributed by atoms with van der Waals surface area (Å²) >= 11 is 0. The lowest BCUT2D eigenvalue weighted by atomic mass is 10.0. The molecule has 156 valence electrons. The molecule has 2 heterocycles. The summed E-state index contributed by atoms with van der Waals surface area (Å²) in [5.41, 5.74) is 2.73. The van der Waals surface area contributed by atoms with Gasteiger partial charge in [-0.05, 0) is 29.8 Å². The smallest absolute Gasteiger partial charge is 0.278 e. The molecule has 4 rings (SSSR count). The first-order valence-electron chi connectivity index (χ1n) is 10.4. The van der Waals surface area contributed by atoms with Gasteiger partial charge in [0.2, 0.25) is 0 Å². The molecule has 1 fully saturated rings. The Labute approximate surface area is 177 Å². The summed E-state index contributed by atoms with van der Waals surface area (Å²) in [4.78, 5) is 32.7. The fraction of sp³-hybridized carbons (Fsp3) is 0.333. The van der Waals surface area contributed by atoms with E-state index >= 15 is 0 Å². The van der Waals surface area contributed by atoms with Crippen molar-refractivity contribution in [3.05, 3.63) is 71.4 Å². The van der Waals surface area contributed by atoms with Crippen LogP contribution in [0.2, 0.25) is 0 Å². The standard InChI is InChI=1S/C24H27N3O3/c1-3-25-13-15-26(16-14-25)22-21(19-7-5-4-6-8-19)23(28)27(24(22)29)17-18-9-11-20(30-2)12-10-18/h4-12H,3,13-17H2,1-2H3. The number of imide groups is 1. The number of ether oxygens (including phenoxy) is 1. The van der Waals surface area contributed by atoms with Gasteiger partial charge < -0.3 is 14.5 Å². The third-order valence-electron chi connectivity index (χ3n) is 5.84. The van der Waals surface area contributed by atoms with Crippen LogP contribution in [0.5, 0.6) is 5.75 Å². The predicted molar refractivity (Wildman–Crippen MR) is 116 cm³/mol. The molecule has 2 aromatic carbocycles. The Morgan fingerprint density at radius 3 is 2.13 bits per heavy atom. The lowest BCUT2D eigenvalue weighted by Crippen LogP contribution is -2.47. The molecule has 0 aliphatic carbocycles. The number of hydrogen-bond donors (Lipinski definition) is 0. The van der Waals surface area contributed by atoms with Crippen molar-refractivity contribution in [3.63, 3.8) is 0 Å². The zero-order valence-corrected chi connectivity index (χ0v) is 17.5. The van der Waals surface area contributed by atoms with Crippen molar-refractivity contribution in [2.24, 2.45) is 0 Å². The first kappa shape index (κ1) is 20.2. The number of likely N-dealkylation sites (N-methyl/N-ethyl adjacent to an activating group) is 1. The normalized spacial score (nSPS) is 17.8. The quantitative estimate of drug-likeness (QED) is 0.692. The summed E-state index contributed by atoms with van der Waals surface area (Å²) < 4.78 is 5.20. The molecule has 0 spiro atoms. The highest BCUT2D eigenvalue weighted by atomic mass is 16.5. The second-order valence-electron chi connectivity index (χ2n) is 7.56. The number of hydrogen-bond acceptors (Lipinski definition) is 5. The predicted octanol–water partition coefficient (Wildman–Crippen LogP) is 2.61. The number of piperazine rings is 1. The van der Waals surface area contributed by atoms with E-state index in [1.54, 1.807) is 7.11 Å². The van der Waals surface area contributed by atoms with Crippen LogP contribution in [0.15, 0.2) is 60.3 Å². The molecule has 6 nitrogen and oxygen atoms in total. The number of nitrogens with zero attached hydrogens (tertiary/aromatic N) is 3. The van der Waals surface area contributed by atoms with E-state index in [0.29, 0.717) is 11.3 Å². The molecule has 2 aliphatic rings. The van der Waals surface area contributed by atoms with Crippen molar-refractivity contribution in [2.45, 2.75) is 13.5 Å². The molecule has 0 bridgehead atoms. The average molecular weight is 405 g/mol. The van der Waals surface area contributed by atoms with Gasteiger partial charge in [-0.15, -0.1) is 0 Å². The van der Waals surface area contributed by atoms with Crippen LogP contribution in [0, 0.1) is 0 Å². The van der Waals surface area contributed by atoms with Crippen molar-refractivity contribution in [1.29, 1.82) is 0 Å². The van der Waals surface area contributed by atoms with E-state index in [1.807, 2.05) is 54.6 Å². The molecular weight excluding hydrogens is 378 g/mol. The third kappa shape index (κ3) is 3.83. The highest BCUT2D eigenvalue weighted by molar-refractivity contribution is 6.35. The number of amides is 2. The largest absolute Gasteiger partial charge is 0.497 e. The summed E-state index contributed by atoms with van der Waals surface area (Å²) in [6.45, 7) is 6.66. The van der Waals surface area contributed by atoms with Crippen molar-refractivity contribution < 1.29 is 14.3 Å². The maximum atomic E-state index is 13.4. The minimum atomic E-state index is -0.227. The van der Waals surface area contributed by atoms with Crippen LogP contribution in [-0.4, -0.2) is 66.3 Å². The second-order valence-corrected chi connectivity index (χ2v) is 7.56. The maximum absolute atomic E-state index is 13.4. The van der Waals surface area contributed by atoms with Crippen molar-refractivity contribution in [3.8, 4) is 5.75 Å². The number of carbonyl (C=O) groups is 2. The van der Waals surface area contributed by atoms with Crippen molar-refractivity contribution in [2.75, 3.05) is 39.8 Å². The third-order valence-corrected chi connectivity index (χ3v) is 5.84. The Kier molecular flexibility index (Phi) is 5.86. The second kappa shape index (κ2) is 8.71. The van der Waals surface area contributed by atoms with Gasteiger partial charge in [-0.1, -0.05) is 49.4 Å². The summed E-state index contributed by atoms with van der Waals surface area (Å²) in [5, 5.41) is 0. The summed E-state index contributed by atoms with van der Waals surface area (Å²) in [6.07, 6.45) is 0. The highest BCUT2D eigenvalue weighted by Gasteiger charge is 2.42. The van der Waals surface area contributed by atoms with E-state index in [2.05, 4.69) is 16.7 Å². The molecule has 1 saturated heterocycles. The lowest BCUT2D eigenvalue weighted by Gasteiger charge is -2.36. The molecule has 0 saturated carbocycles. The van der Waals surface area contributed by atoms with E-state index in [1.165, 1.54) is 4.90 Å². The van der Waals surface area contributed by atoms with Crippen LogP contribution >= 0.6 is 0 Å². The first-order valence-corrected chi connectivity index (χ1v) is 10.4. The molecule has 0 radical (unpaired) electrons. The van der Waals surface area contributed by atoms with Crippen LogP contribution in [0.4, 0.5) is 0 Å². The molecular formula is C24H27N3O3. The Bertz CT molecular complexity index is 945. The monoisotopic (exact) mass is 405 g/mol. The minimum absolute atomic E-state index is 0.209. The molecule has 0 atom stereocenters. The van der Waals surface area contributed by atoms with Gasteiger partial charge in [-0.3, -0.25) is 14.5 Å². The van der Waals surface area contributed by atoms with Crippen LogP contribution in [0.1, 0.15) is 18.1 Å². The Morgan fingerprint density at radius 2 is 1.53 bits per heavy atom. The SMILES string of the molecule is CCN1CCN(C2=C(c3ccccc3)C(=O)N(Cc3ccc(OC)cc3)C2=O)CC1. The topological polar surface area (TPSA) is 53.1 Å². The van der Waals surface area contributed by atoms with E-state index in [9.17, 15) is 9.59 Å². The summed E-state index contributed by atoms with van der Waals surface area (Å²) in [5.74, 6) is 0.310. The molecule has 6 heteroatoms. The van der Waals surface area contributed by atoms with E-state index < -0.39 is 0 Å². The van der Waals surface area contributed by atoms with E-state index in [4.69, 9.17) is 4.74 Å². The van der Waals surface area contributed by atoms with Crippen LogP contribution < -0.4 is 4.74 Å². The Hall–Kier alpha value is -3.12.